The lowest BCUT2D eigenvalue weighted by atomic mass is 9.91. The van der Waals surface area contributed by atoms with Crippen molar-refractivity contribution in [1.82, 2.24) is 0 Å². The van der Waals surface area contributed by atoms with Crippen molar-refractivity contribution in [2.24, 2.45) is 4.99 Å². The van der Waals surface area contributed by atoms with Gasteiger partial charge in [-0.15, -0.1) is 0 Å². The van der Waals surface area contributed by atoms with E-state index >= 15 is 0 Å². The van der Waals surface area contributed by atoms with Gasteiger partial charge in [-0.2, -0.15) is 0 Å². The van der Waals surface area contributed by atoms with Crippen molar-refractivity contribution in [3.05, 3.63) is 35.9 Å². The molecule has 1 aromatic carbocycles. The molecular weight excluding hydrogens is 190 g/mol. The summed E-state index contributed by atoms with van der Waals surface area (Å²) in [6.07, 6.45) is 1.25. The van der Waals surface area contributed by atoms with E-state index in [1.807, 2.05) is 44.2 Å². The Balaban J connectivity index is 2.37. The Morgan fingerprint density at radius 1 is 1.27 bits per heavy atom. The summed E-state index contributed by atoms with van der Waals surface area (Å²) in [6.45, 7) is 3.75. The predicted octanol–water partition coefficient (Wildman–Crippen LogP) is 2.13. The van der Waals surface area contributed by atoms with E-state index in [0.29, 0.717) is 0 Å². The first-order valence-corrected chi connectivity index (χ1v) is 4.91. The van der Waals surface area contributed by atoms with E-state index in [9.17, 15) is 4.79 Å². The van der Waals surface area contributed by atoms with Gasteiger partial charge < -0.3 is 4.74 Å². The molecule has 3 heteroatoms. The van der Waals surface area contributed by atoms with Gasteiger partial charge in [-0.25, -0.2) is 4.79 Å². The van der Waals surface area contributed by atoms with Crippen LogP contribution < -0.4 is 0 Å². The van der Waals surface area contributed by atoms with Gasteiger partial charge in [0.2, 0.25) is 0 Å². The number of cyclic esters (lactones) is 1. The molecule has 0 aliphatic carbocycles. The van der Waals surface area contributed by atoms with E-state index in [2.05, 4.69) is 4.99 Å². The highest BCUT2D eigenvalue weighted by Crippen LogP contribution is 2.34. The van der Waals surface area contributed by atoms with Crippen molar-refractivity contribution < 1.29 is 9.53 Å². The molecule has 1 unspecified atom stereocenters. The van der Waals surface area contributed by atoms with Crippen LogP contribution in [0, 0.1) is 0 Å². The van der Waals surface area contributed by atoms with Gasteiger partial charge in [0.15, 0.2) is 0 Å². The SMILES string of the molecule is CC1(C)OC(=O)C=NC1c1ccccc1. The molecule has 0 spiro atoms. The molecule has 1 atom stereocenters. The number of hydrogen-bond acceptors (Lipinski definition) is 3. The number of carbonyl (C=O) groups is 1. The van der Waals surface area contributed by atoms with Crippen LogP contribution in [0.1, 0.15) is 25.5 Å². The number of hydrogen-bond donors (Lipinski definition) is 0. The summed E-state index contributed by atoms with van der Waals surface area (Å²) in [5.41, 5.74) is 0.485. The van der Waals surface area contributed by atoms with Crippen LogP contribution in [0.15, 0.2) is 35.3 Å². The molecule has 1 heterocycles. The van der Waals surface area contributed by atoms with Crippen LogP contribution in [-0.2, 0) is 9.53 Å². The summed E-state index contributed by atoms with van der Waals surface area (Å²) in [6, 6.07) is 9.73. The van der Waals surface area contributed by atoms with Crippen molar-refractivity contribution in [3.8, 4) is 0 Å². The number of benzene rings is 1. The van der Waals surface area contributed by atoms with E-state index in [1.54, 1.807) is 0 Å². The van der Waals surface area contributed by atoms with E-state index in [0.717, 1.165) is 5.56 Å². The second kappa shape index (κ2) is 3.50. The largest absolute Gasteiger partial charge is 0.453 e. The standard InChI is InChI=1S/C12H13NO2/c1-12(2)11(13-8-10(14)15-12)9-6-4-3-5-7-9/h3-8,11H,1-2H3. The lowest BCUT2D eigenvalue weighted by molar-refractivity contribution is -0.151. The first-order valence-electron chi connectivity index (χ1n) is 4.91. The molecule has 0 saturated carbocycles. The van der Waals surface area contributed by atoms with E-state index in [1.165, 1.54) is 6.21 Å². The Morgan fingerprint density at radius 3 is 2.53 bits per heavy atom. The molecule has 0 amide bonds. The minimum absolute atomic E-state index is 0.114. The van der Waals surface area contributed by atoms with Gasteiger partial charge >= 0.3 is 5.97 Å². The zero-order valence-corrected chi connectivity index (χ0v) is 8.81. The molecule has 0 fully saturated rings. The maximum Gasteiger partial charge on any atom is 0.349 e. The van der Waals surface area contributed by atoms with Crippen LogP contribution in [0.4, 0.5) is 0 Å². The van der Waals surface area contributed by atoms with Gasteiger partial charge in [0.05, 0.1) is 0 Å². The normalized spacial score (nSPS) is 23.6. The molecule has 78 valence electrons. The van der Waals surface area contributed by atoms with Crippen LogP contribution >= 0.6 is 0 Å². The highest BCUT2D eigenvalue weighted by atomic mass is 16.6. The van der Waals surface area contributed by atoms with Crippen LogP contribution in [0.25, 0.3) is 0 Å². The minimum atomic E-state index is -0.576. The Labute approximate surface area is 88.8 Å². The summed E-state index contributed by atoms with van der Waals surface area (Å²) in [4.78, 5) is 15.3. The fourth-order valence-corrected chi connectivity index (χ4v) is 1.78. The minimum Gasteiger partial charge on any atom is -0.453 e. The van der Waals surface area contributed by atoms with Crippen molar-refractivity contribution in [2.45, 2.75) is 25.5 Å². The van der Waals surface area contributed by atoms with Gasteiger partial charge in [0, 0.05) is 0 Å². The summed E-state index contributed by atoms with van der Waals surface area (Å²) >= 11 is 0. The van der Waals surface area contributed by atoms with Gasteiger partial charge in [0.1, 0.15) is 17.9 Å². The Kier molecular flexibility index (Phi) is 2.31. The smallest absolute Gasteiger partial charge is 0.349 e. The maximum atomic E-state index is 11.1. The Morgan fingerprint density at radius 2 is 1.93 bits per heavy atom. The molecule has 3 nitrogen and oxygen atoms in total. The molecule has 0 bridgehead atoms. The highest BCUT2D eigenvalue weighted by molar-refractivity contribution is 6.23. The molecule has 15 heavy (non-hydrogen) atoms. The van der Waals surface area contributed by atoms with Crippen LogP contribution in [0.2, 0.25) is 0 Å². The fraction of sp³-hybridized carbons (Fsp3) is 0.333. The van der Waals surface area contributed by atoms with E-state index in [-0.39, 0.29) is 12.0 Å². The van der Waals surface area contributed by atoms with Crippen molar-refractivity contribution >= 4 is 12.2 Å². The summed E-state index contributed by atoms with van der Waals surface area (Å²) in [5.74, 6) is -0.368. The van der Waals surface area contributed by atoms with Gasteiger partial charge in [-0.05, 0) is 19.4 Å². The van der Waals surface area contributed by atoms with Gasteiger partial charge in [-0.1, -0.05) is 30.3 Å². The third kappa shape index (κ3) is 1.91. The van der Waals surface area contributed by atoms with Gasteiger partial charge in [-0.3, -0.25) is 4.99 Å². The monoisotopic (exact) mass is 203 g/mol. The fourth-order valence-electron chi connectivity index (χ4n) is 1.78. The number of nitrogens with zero attached hydrogens (tertiary/aromatic N) is 1. The third-order valence-corrected chi connectivity index (χ3v) is 2.47. The lowest BCUT2D eigenvalue weighted by Crippen LogP contribution is -2.38. The van der Waals surface area contributed by atoms with Crippen molar-refractivity contribution in [3.63, 3.8) is 0 Å². The summed E-state index contributed by atoms with van der Waals surface area (Å²) in [7, 11) is 0. The molecule has 1 aromatic rings. The lowest BCUT2D eigenvalue weighted by Gasteiger charge is -2.33. The first-order chi connectivity index (χ1) is 7.09. The second-order valence-corrected chi connectivity index (χ2v) is 4.12. The first kappa shape index (κ1) is 9.90. The molecule has 1 aliphatic rings. The predicted molar refractivity (Wildman–Crippen MR) is 57.8 cm³/mol. The molecule has 0 saturated heterocycles. The quantitative estimate of drug-likeness (QED) is 0.656. The van der Waals surface area contributed by atoms with Crippen molar-refractivity contribution in [2.75, 3.05) is 0 Å². The topological polar surface area (TPSA) is 38.7 Å². The number of aliphatic imine (C=N–C) groups is 1. The Hall–Kier alpha value is -1.64. The highest BCUT2D eigenvalue weighted by Gasteiger charge is 2.36. The molecular formula is C12H13NO2. The molecule has 0 radical (unpaired) electrons. The number of esters is 1. The van der Waals surface area contributed by atoms with Crippen molar-refractivity contribution in [1.29, 1.82) is 0 Å². The average molecular weight is 203 g/mol. The summed E-state index contributed by atoms with van der Waals surface area (Å²) in [5, 5.41) is 0. The molecule has 0 N–H and O–H groups in total. The molecule has 2 rings (SSSR count). The number of ether oxygens (including phenoxy) is 1. The molecule has 1 aliphatic heterocycles. The van der Waals surface area contributed by atoms with E-state index in [4.69, 9.17) is 4.74 Å². The second-order valence-electron chi connectivity index (χ2n) is 4.12. The van der Waals surface area contributed by atoms with Crippen LogP contribution in [0.3, 0.4) is 0 Å². The van der Waals surface area contributed by atoms with Gasteiger partial charge in [0.25, 0.3) is 0 Å². The number of carbonyl (C=O) groups excluding carboxylic acids is 1. The summed E-state index contributed by atoms with van der Waals surface area (Å²) < 4.78 is 5.25. The van der Waals surface area contributed by atoms with E-state index < -0.39 is 5.60 Å². The molecule has 0 aromatic heterocycles. The van der Waals surface area contributed by atoms with Crippen LogP contribution in [-0.4, -0.2) is 17.8 Å². The Bertz CT molecular complexity index is 395. The number of rotatable bonds is 1. The third-order valence-electron chi connectivity index (χ3n) is 2.47. The zero-order valence-electron chi connectivity index (χ0n) is 8.81. The zero-order chi connectivity index (χ0) is 10.9. The van der Waals surface area contributed by atoms with Crippen LogP contribution in [0.5, 0.6) is 0 Å². The maximum absolute atomic E-state index is 11.1. The average Bonchev–Trinajstić information content (AvgIpc) is 2.17.